The van der Waals surface area contributed by atoms with Crippen LogP contribution in [0, 0.1) is 0 Å². The molecule has 0 aliphatic carbocycles. The minimum absolute atomic E-state index is 0.271. The van der Waals surface area contributed by atoms with Crippen LogP contribution in [0.25, 0.3) is 0 Å². The number of rotatable bonds is 20. The van der Waals surface area contributed by atoms with E-state index in [1.54, 1.807) is 106 Å². The molecule has 0 aliphatic rings. The summed E-state index contributed by atoms with van der Waals surface area (Å²) in [4.78, 5) is 40.6. The van der Waals surface area contributed by atoms with Crippen LogP contribution < -0.4 is 45.8 Å². The Labute approximate surface area is 498 Å². The number of alkyl halides is 3. The molecule has 0 aliphatic heterocycles. The number of aliphatic hydroxyl groups is 1. The van der Waals surface area contributed by atoms with Crippen molar-refractivity contribution in [3.8, 4) is 28.7 Å². The average Bonchev–Trinajstić information content (AvgIpc) is 3.47. The molecular weight excluding hydrogens is 1260 g/mol. The van der Waals surface area contributed by atoms with Crippen LogP contribution in [0.3, 0.4) is 0 Å². The van der Waals surface area contributed by atoms with Gasteiger partial charge >= 0.3 is 12.1 Å². The van der Waals surface area contributed by atoms with E-state index >= 15 is 0 Å². The van der Waals surface area contributed by atoms with Gasteiger partial charge in [-0.05, 0) is 115 Å². The van der Waals surface area contributed by atoms with E-state index in [9.17, 15) is 13.2 Å². The van der Waals surface area contributed by atoms with E-state index in [1.165, 1.54) is 0 Å². The summed E-state index contributed by atoms with van der Waals surface area (Å²) in [6.07, 6.45) is 14.1. The number of benzene rings is 3. The lowest BCUT2D eigenvalue weighted by atomic mass is 10.2. The van der Waals surface area contributed by atoms with Gasteiger partial charge in [0, 0.05) is 61.7 Å². The second kappa shape index (κ2) is 44.6. The van der Waals surface area contributed by atoms with E-state index in [0.29, 0.717) is 62.9 Å². The van der Waals surface area contributed by atoms with E-state index in [0.717, 1.165) is 60.1 Å². The number of aromatic nitrogens is 8. The molecule has 0 saturated heterocycles. The third kappa shape index (κ3) is 36.2. The van der Waals surface area contributed by atoms with Crippen LogP contribution in [0.1, 0.15) is 16.7 Å². The highest BCUT2D eigenvalue weighted by molar-refractivity contribution is 9.10. The first kappa shape index (κ1) is 71.9. The summed E-state index contributed by atoms with van der Waals surface area (Å²) in [5.74, 6) is 5.43. The number of aliphatic carboxylic acids is 1. The summed E-state index contributed by atoms with van der Waals surface area (Å²) >= 11 is 17.0. The number of carbonyl (C=O) groups is 1. The molecule has 8 N–H and O–H groups in total. The summed E-state index contributed by atoms with van der Waals surface area (Å²) in [6, 6.07) is 23.5. The highest BCUT2D eigenvalue weighted by atomic mass is 79.9. The molecule has 0 bridgehead atoms. The van der Waals surface area contributed by atoms with Gasteiger partial charge in [0.25, 0.3) is 0 Å². The first-order valence-corrected chi connectivity index (χ1v) is 29.3. The quantitative estimate of drug-likeness (QED) is 0.0305. The second-order valence-corrected chi connectivity index (χ2v) is 19.7. The molecule has 0 radical (unpaired) electrons. The van der Waals surface area contributed by atoms with Crippen LogP contribution in [0.2, 0.25) is 5.28 Å². The molecule has 0 spiro atoms. The molecule has 80 heavy (non-hydrogen) atoms. The van der Waals surface area contributed by atoms with Crippen LogP contribution in [0.15, 0.2) is 131 Å². The lowest BCUT2D eigenvalue weighted by Crippen LogP contribution is -2.21. The predicted octanol–water partition coefficient (Wildman–Crippen LogP) is 10.5. The number of anilines is 3. The van der Waals surface area contributed by atoms with E-state index < -0.39 is 12.1 Å². The molecule has 7 aromatic rings. The fraction of sp³-hybridized carbons (Fsp3) is 0.314. The number of hydrogen-bond acceptors (Lipinski definition) is 22. The van der Waals surface area contributed by atoms with Crippen LogP contribution in [0.5, 0.6) is 28.7 Å². The molecule has 0 amide bonds. The van der Waals surface area contributed by atoms with Crippen LogP contribution >= 0.6 is 78.7 Å². The van der Waals surface area contributed by atoms with Gasteiger partial charge in [-0.15, -0.1) is 0 Å². The maximum Gasteiger partial charge on any atom is 0.490 e. The molecule has 20 nitrogen and oxygen atoms in total. The fourth-order valence-electron chi connectivity index (χ4n) is 4.77. The van der Waals surface area contributed by atoms with Gasteiger partial charge in [-0.1, -0.05) is 36.4 Å². The first-order valence-electron chi connectivity index (χ1n) is 23.1. The molecule has 7 rings (SSSR count). The topological polar surface area (TPSA) is 283 Å². The highest BCUT2D eigenvalue weighted by Gasteiger charge is 2.38. The first-order chi connectivity index (χ1) is 38.4. The maximum absolute atomic E-state index is 10.6. The van der Waals surface area contributed by atoms with Crippen molar-refractivity contribution in [2.75, 3.05) is 93.5 Å². The largest absolute Gasteiger partial charge is 0.497 e. The van der Waals surface area contributed by atoms with Crippen molar-refractivity contribution in [2.24, 2.45) is 5.73 Å². The lowest BCUT2D eigenvalue weighted by Gasteiger charge is -2.07. The van der Waals surface area contributed by atoms with E-state index in [-0.39, 0.29) is 11.2 Å². The molecule has 0 saturated carbocycles. The van der Waals surface area contributed by atoms with E-state index in [2.05, 4.69) is 82.4 Å². The van der Waals surface area contributed by atoms with Gasteiger partial charge in [-0.3, -0.25) is 0 Å². The minimum Gasteiger partial charge on any atom is -0.497 e. The third-order valence-corrected chi connectivity index (χ3v) is 11.5. The predicted molar refractivity (Wildman–Crippen MR) is 321 cm³/mol. The number of ether oxygens (including phenoxy) is 5. The normalized spacial score (nSPS) is 9.88. The standard InChI is InChI=1S/C15H19N3O2S.C12H12BrN3O.C8H11NO.C7H11N3OS.C4H2BrClN2.C3H8OS.C2HF3O2/c1-19-13-5-3-12(4-6-13)9-16-15-17-10-14(11-18-15)20-7-8-21-2;1-17-11-4-2-9(3-5-11)6-14-12-15-7-10(13)8-16-12;1-10-8-4-2-7(6-9)3-5-8;1-12-3-2-11-6-4-9-7(8)10-5-6;5-3-1-7-4(6)8-2-3;1-5-3-2-4;3-2(4,5)1(6)7/h3-6,10-11H,7-9H2,1-2H3,(H,16,17,18);2-5,7-8H,6H2,1H3,(H,14,15,16);2-5H,6,9H2,1H3;4-5H,2-3H2,1H3,(H2,8,9,10);1-2H;4H,2-3H2,1H3;(H,6,7). The van der Waals surface area contributed by atoms with E-state index in [4.69, 9.17) is 61.8 Å². The number of nitrogen functional groups attached to an aromatic ring is 1. The number of nitrogens with one attached hydrogen (secondary N) is 2. The molecular formula is C51H64Br2ClF3N12O8S3. The van der Waals surface area contributed by atoms with Gasteiger partial charge in [0.15, 0.2) is 11.5 Å². The molecule has 0 fully saturated rings. The molecule has 436 valence electrons. The van der Waals surface area contributed by atoms with Crippen molar-refractivity contribution in [3.63, 3.8) is 0 Å². The average molecular weight is 1320 g/mol. The van der Waals surface area contributed by atoms with Gasteiger partial charge in [-0.2, -0.15) is 48.5 Å². The zero-order chi connectivity index (χ0) is 59.4. The van der Waals surface area contributed by atoms with Gasteiger partial charge in [0.2, 0.25) is 23.1 Å². The number of halogens is 6. The summed E-state index contributed by atoms with van der Waals surface area (Å²) in [5.41, 5.74) is 14.1. The number of nitrogens with zero attached hydrogens (tertiary/aromatic N) is 8. The van der Waals surface area contributed by atoms with Gasteiger partial charge < -0.3 is 56.0 Å². The molecule has 0 unspecified atom stereocenters. The minimum atomic E-state index is -5.08. The Morgan fingerprint density at radius 2 is 0.900 bits per heavy atom. The van der Waals surface area contributed by atoms with Gasteiger partial charge in [0.05, 0.1) is 74.9 Å². The zero-order valence-electron chi connectivity index (χ0n) is 44.5. The molecule has 4 aromatic heterocycles. The second-order valence-electron chi connectivity index (χ2n) is 14.6. The molecule has 0 atom stereocenters. The monoisotopic (exact) mass is 1320 g/mol. The Balaban J connectivity index is 0.000000490. The Kier molecular flexibility index (Phi) is 40.1. The SMILES string of the molecule is COc1ccc(CN)cc1.COc1ccc(CNc2ncc(Br)cn2)cc1.COc1ccc(CNc2ncc(OCCSC)cn2)cc1.CSCCO.CSCCOc1cnc(N)nc1.Clc1ncc(Br)cn1.O=C(O)C(F)(F)F. The number of methoxy groups -OCH3 is 3. The number of nitrogens with two attached hydrogens (primary N) is 2. The number of thioether (sulfide) groups is 3. The lowest BCUT2D eigenvalue weighted by molar-refractivity contribution is -0.192. The van der Waals surface area contributed by atoms with Crippen molar-refractivity contribution in [1.82, 2.24) is 39.9 Å². The summed E-state index contributed by atoms with van der Waals surface area (Å²) in [6.45, 7) is 3.59. The smallest absolute Gasteiger partial charge is 0.490 e. The maximum atomic E-state index is 10.6. The van der Waals surface area contributed by atoms with Crippen molar-refractivity contribution in [2.45, 2.75) is 25.8 Å². The molecule has 29 heteroatoms. The van der Waals surface area contributed by atoms with Crippen molar-refractivity contribution in [3.05, 3.63) is 153 Å². The summed E-state index contributed by atoms with van der Waals surface area (Å²) in [5, 5.41) is 21.8. The number of carboxylic acid groups (broad SMARTS) is 1. The molecule has 3 aromatic carbocycles. The highest BCUT2D eigenvalue weighted by Crippen LogP contribution is 2.16. The summed E-state index contributed by atoms with van der Waals surface area (Å²) < 4.78 is 59.4. The van der Waals surface area contributed by atoms with Crippen molar-refractivity contribution >= 4 is 103 Å². The van der Waals surface area contributed by atoms with Crippen molar-refractivity contribution in [1.29, 1.82) is 0 Å². The molecule has 4 heterocycles. The number of hydrogen-bond donors (Lipinski definition) is 6. The van der Waals surface area contributed by atoms with Crippen LogP contribution in [-0.2, 0) is 24.4 Å². The Morgan fingerprint density at radius 1 is 0.575 bits per heavy atom. The zero-order valence-corrected chi connectivity index (χ0v) is 50.9. The van der Waals surface area contributed by atoms with Gasteiger partial charge in [-0.25, -0.2) is 44.7 Å². The van der Waals surface area contributed by atoms with Crippen LogP contribution in [0.4, 0.5) is 31.0 Å². The number of aliphatic hydroxyl groups excluding tert-OH is 1. The third-order valence-electron chi connectivity index (χ3n) is 8.75. The van der Waals surface area contributed by atoms with Crippen LogP contribution in [-0.4, -0.2) is 139 Å². The fourth-order valence-corrected chi connectivity index (χ4v) is 5.96. The van der Waals surface area contributed by atoms with Crippen molar-refractivity contribution < 1.29 is 51.9 Å². The van der Waals surface area contributed by atoms with Gasteiger partial charge in [0.1, 0.15) is 17.2 Å². The summed E-state index contributed by atoms with van der Waals surface area (Å²) in [7, 11) is 4.96. The Morgan fingerprint density at radius 3 is 1.19 bits per heavy atom. The Hall–Kier alpha value is -6.14. The number of carboxylic acids is 1. The van der Waals surface area contributed by atoms with E-state index in [1.807, 2.05) is 91.6 Å². The Bertz CT molecular complexity index is 2600.